The molecule has 1 heterocycles. The summed E-state index contributed by atoms with van der Waals surface area (Å²) in [7, 11) is 0. The summed E-state index contributed by atoms with van der Waals surface area (Å²) < 4.78 is 0. The fourth-order valence-corrected chi connectivity index (χ4v) is 5.62. The normalized spacial score (nSPS) is 16.9. The molecule has 0 bridgehead atoms. The molecule has 1 aliphatic rings. The molecule has 22 heteroatoms. The maximum Gasteiger partial charge on any atom is 0.326 e. The van der Waals surface area contributed by atoms with Gasteiger partial charge in [0.15, 0.2) is 5.96 Å². The number of hydrogen-bond donors (Lipinski definition) is 12. The van der Waals surface area contributed by atoms with Crippen LogP contribution in [0.2, 0.25) is 0 Å². The highest BCUT2D eigenvalue weighted by molar-refractivity contribution is 5.98. The summed E-state index contributed by atoms with van der Waals surface area (Å²) in [6.07, 6.45) is -1.75. The third kappa shape index (κ3) is 14.7. The molecule has 7 amide bonds. The largest absolute Gasteiger partial charge is 0.508 e. The molecule has 304 valence electrons. The topological polar surface area (TPSA) is 377 Å². The van der Waals surface area contributed by atoms with Gasteiger partial charge in [0.2, 0.25) is 41.4 Å². The van der Waals surface area contributed by atoms with Crippen molar-refractivity contribution in [3.05, 3.63) is 29.8 Å². The molecule has 1 saturated heterocycles. The monoisotopic (exact) mass is 777 g/mol. The van der Waals surface area contributed by atoms with Crippen LogP contribution in [-0.4, -0.2) is 135 Å². The fourth-order valence-electron chi connectivity index (χ4n) is 5.62. The van der Waals surface area contributed by atoms with Gasteiger partial charge in [0.05, 0.1) is 19.1 Å². The van der Waals surface area contributed by atoms with Crippen LogP contribution in [0.3, 0.4) is 0 Å². The number of nitrogens with one attached hydrogen (secondary N) is 5. The van der Waals surface area contributed by atoms with Crippen LogP contribution in [0.15, 0.2) is 29.3 Å². The van der Waals surface area contributed by atoms with E-state index in [-0.39, 0.29) is 50.5 Å². The van der Waals surface area contributed by atoms with E-state index >= 15 is 0 Å². The minimum absolute atomic E-state index is 0.0316. The number of primary amides is 1. The summed E-state index contributed by atoms with van der Waals surface area (Å²) in [5.41, 5.74) is 21.9. The Morgan fingerprint density at radius 3 is 2.00 bits per heavy atom. The third-order valence-corrected chi connectivity index (χ3v) is 8.44. The number of carbonyl (C=O) groups is 8. The number of carboxylic acids is 1. The highest BCUT2D eigenvalue weighted by Crippen LogP contribution is 2.19. The second-order valence-corrected chi connectivity index (χ2v) is 12.9. The van der Waals surface area contributed by atoms with Crippen LogP contribution in [0, 0.1) is 0 Å². The summed E-state index contributed by atoms with van der Waals surface area (Å²) in [6.45, 7) is 2.24. The number of aliphatic hydroxyl groups excluding tert-OH is 1. The SMILES string of the molecule is C[C@H](NC(=O)[C@H](CCCN=C(N)N)NC(=O)[C@H](CC(N)=O)NC(=O)[C@H](Cc1ccc(O)cc1)NC(=O)[C@@H](NC(=O)CN)[C@@H](C)O)C(=O)N1CCC[C@H]1C(=O)O. The number of benzene rings is 1. The number of aliphatic imine (C=N–C) groups is 1. The first-order valence-electron chi connectivity index (χ1n) is 17.4. The number of phenolic OH excluding ortho intramolecular Hbond substituents is 1. The number of phenols is 1. The second-order valence-electron chi connectivity index (χ2n) is 12.9. The number of likely N-dealkylation sites (tertiary alicyclic amines) is 1. The van der Waals surface area contributed by atoms with Crippen LogP contribution >= 0.6 is 0 Å². The molecule has 7 atom stereocenters. The Hall–Kier alpha value is -6.03. The Morgan fingerprint density at radius 1 is 0.855 bits per heavy atom. The zero-order chi connectivity index (χ0) is 41.4. The maximum atomic E-state index is 13.8. The van der Waals surface area contributed by atoms with Crippen LogP contribution < -0.4 is 49.5 Å². The van der Waals surface area contributed by atoms with Crippen molar-refractivity contribution in [1.29, 1.82) is 0 Å². The highest BCUT2D eigenvalue weighted by atomic mass is 16.4. The van der Waals surface area contributed by atoms with Crippen molar-refractivity contribution in [2.75, 3.05) is 19.6 Å². The summed E-state index contributed by atoms with van der Waals surface area (Å²) >= 11 is 0. The van der Waals surface area contributed by atoms with Crippen molar-refractivity contribution >= 4 is 53.3 Å². The van der Waals surface area contributed by atoms with Crippen LogP contribution in [0.25, 0.3) is 0 Å². The van der Waals surface area contributed by atoms with E-state index in [1.165, 1.54) is 38.1 Å². The molecule has 1 aromatic carbocycles. The van der Waals surface area contributed by atoms with E-state index < -0.39 is 103 Å². The molecule has 0 unspecified atom stereocenters. The van der Waals surface area contributed by atoms with Gasteiger partial charge in [-0.1, -0.05) is 12.1 Å². The lowest BCUT2D eigenvalue weighted by atomic mass is 10.0. The van der Waals surface area contributed by atoms with Gasteiger partial charge in [0.1, 0.15) is 42.0 Å². The number of carboxylic acid groups (broad SMARTS) is 1. The number of aromatic hydroxyl groups is 1. The van der Waals surface area contributed by atoms with E-state index in [9.17, 15) is 53.7 Å². The molecule has 16 N–H and O–H groups in total. The molecule has 2 rings (SSSR count). The number of hydrogen-bond acceptors (Lipinski definition) is 12. The Balaban J connectivity index is 2.36. The van der Waals surface area contributed by atoms with Crippen LogP contribution in [0.4, 0.5) is 0 Å². The number of guanidine groups is 1. The van der Waals surface area contributed by atoms with Crippen molar-refractivity contribution in [3.8, 4) is 5.75 Å². The number of aliphatic hydroxyl groups is 1. The molecule has 1 aliphatic heterocycles. The van der Waals surface area contributed by atoms with Gasteiger partial charge < -0.3 is 69.7 Å². The number of amides is 7. The fraction of sp³-hybridized carbons (Fsp3) is 0.545. The number of nitrogens with two attached hydrogens (primary N) is 4. The first-order chi connectivity index (χ1) is 25.8. The van der Waals surface area contributed by atoms with Gasteiger partial charge >= 0.3 is 5.97 Å². The zero-order valence-corrected chi connectivity index (χ0v) is 30.5. The lowest BCUT2D eigenvalue weighted by molar-refractivity contribution is -0.149. The molecule has 0 aliphatic carbocycles. The van der Waals surface area contributed by atoms with Gasteiger partial charge in [-0.05, 0) is 57.2 Å². The number of rotatable bonds is 21. The summed E-state index contributed by atoms with van der Waals surface area (Å²) in [5, 5.41) is 41.3. The number of aliphatic carboxylic acids is 1. The Morgan fingerprint density at radius 2 is 1.44 bits per heavy atom. The average Bonchev–Trinajstić information content (AvgIpc) is 3.61. The van der Waals surface area contributed by atoms with E-state index in [0.717, 1.165) is 4.90 Å². The van der Waals surface area contributed by atoms with Gasteiger partial charge in [0.25, 0.3) is 0 Å². The van der Waals surface area contributed by atoms with Crippen molar-refractivity contribution in [3.63, 3.8) is 0 Å². The predicted octanol–water partition coefficient (Wildman–Crippen LogP) is -5.28. The molecular weight excluding hydrogens is 726 g/mol. The number of carbonyl (C=O) groups excluding carboxylic acids is 7. The van der Waals surface area contributed by atoms with Crippen molar-refractivity contribution in [2.24, 2.45) is 27.9 Å². The van der Waals surface area contributed by atoms with E-state index in [1.807, 2.05) is 0 Å². The van der Waals surface area contributed by atoms with Crippen LogP contribution in [0.5, 0.6) is 5.75 Å². The Bertz CT molecular complexity index is 1580. The summed E-state index contributed by atoms with van der Waals surface area (Å²) in [5.74, 6) is -7.96. The van der Waals surface area contributed by atoms with Crippen molar-refractivity contribution < 1.29 is 53.7 Å². The van der Waals surface area contributed by atoms with Crippen LogP contribution in [0.1, 0.15) is 51.5 Å². The molecule has 1 fully saturated rings. The molecule has 1 aromatic rings. The van der Waals surface area contributed by atoms with Gasteiger partial charge in [-0.25, -0.2) is 4.79 Å². The molecule has 22 nitrogen and oxygen atoms in total. The lowest BCUT2D eigenvalue weighted by Gasteiger charge is -2.28. The molecule has 0 saturated carbocycles. The quantitative estimate of drug-likeness (QED) is 0.0315. The van der Waals surface area contributed by atoms with E-state index in [4.69, 9.17) is 22.9 Å². The summed E-state index contributed by atoms with van der Waals surface area (Å²) in [4.78, 5) is 108. The van der Waals surface area contributed by atoms with Crippen LogP contribution in [-0.2, 0) is 44.8 Å². The zero-order valence-electron chi connectivity index (χ0n) is 30.5. The van der Waals surface area contributed by atoms with E-state index in [2.05, 4.69) is 31.6 Å². The molecule has 0 aromatic heterocycles. The Labute approximate surface area is 316 Å². The smallest absolute Gasteiger partial charge is 0.326 e. The standard InChI is InChI=1S/C33H51N11O11/c1-16(31(53)44-12-4-6-23(44)32(54)55)39-27(49)20(5-3-11-38-33(36)37)40-29(51)22(14-24(35)47)41-28(50)21(13-18-7-9-19(46)10-8-18)42-30(52)26(17(2)45)43-25(48)15-34/h7-10,16-17,20-23,26,45-46H,3-6,11-15,34H2,1-2H3,(H2,35,47)(H,39,49)(H,40,51)(H,41,50)(H,42,52)(H,43,48)(H,54,55)(H4,36,37,38)/t16-,17+,20-,21-,22-,23-,26-/m0/s1. The third-order valence-electron chi connectivity index (χ3n) is 8.44. The number of nitrogens with zero attached hydrogens (tertiary/aromatic N) is 2. The second kappa shape index (κ2) is 21.6. The maximum absolute atomic E-state index is 13.8. The molecule has 0 radical (unpaired) electrons. The van der Waals surface area contributed by atoms with Gasteiger partial charge in [0, 0.05) is 19.5 Å². The first kappa shape index (κ1) is 45.1. The molecular formula is C33H51N11O11. The van der Waals surface area contributed by atoms with Crippen molar-refractivity contribution in [2.45, 2.75) is 94.7 Å². The molecule has 55 heavy (non-hydrogen) atoms. The van der Waals surface area contributed by atoms with Gasteiger partial charge in [-0.3, -0.25) is 38.6 Å². The van der Waals surface area contributed by atoms with E-state index in [0.29, 0.717) is 12.0 Å². The highest BCUT2D eigenvalue weighted by Gasteiger charge is 2.38. The van der Waals surface area contributed by atoms with Gasteiger partial charge in [-0.15, -0.1) is 0 Å². The first-order valence-corrected chi connectivity index (χ1v) is 17.4. The van der Waals surface area contributed by atoms with E-state index in [1.54, 1.807) is 0 Å². The summed E-state index contributed by atoms with van der Waals surface area (Å²) in [6, 6.07) is -2.94. The molecule has 0 spiro atoms. The minimum Gasteiger partial charge on any atom is -0.508 e. The lowest BCUT2D eigenvalue weighted by Crippen LogP contribution is -2.61. The van der Waals surface area contributed by atoms with Crippen molar-refractivity contribution in [1.82, 2.24) is 31.5 Å². The average molecular weight is 778 g/mol. The minimum atomic E-state index is -1.72. The Kier molecular flexibility index (Phi) is 17.7. The predicted molar refractivity (Wildman–Crippen MR) is 194 cm³/mol. The van der Waals surface area contributed by atoms with Gasteiger partial charge in [-0.2, -0.15) is 0 Å².